The molecule has 0 aliphatic heterocycles. The van der Waals surface area contributed by atoms with Crippen molar-refractivity contribution in [1.29, 1.82) is 0 Å². The van der Waals surface area contributed by atoms with Crippen molar-refractivity contribution in [2.45, 2.75) is 13.0 Å². The number of fused-ring (bicyclic) bond motifs is 1. The summed E-state index contributed by atoms with van der Waals surface area (Å²) in [5.74, 6) is 0.679. The lowest BCUT2D eigenvalue weighted by Gasteiger charge is -2.11. The van der Waals surface area contributed by atoms with Gasteiger partial charge in [-0.3, -0.25) is 10.1 Å². The molecule has 0 aliphatic carbocycles. The number of nitro groups is 1. The number of hydrogen-bond donors (Lipinski definition) is 3. The van der Waals surface area contributed by atoms with Crippen LogP contribution in [0.3, 0.4) is 0 Å². The van der Waals surface area contributed by atoms with E-state index in [9.17, 15) is 10.1 Å². The molecule has 0 atom stereocenters. The number of hydrogen-bond acceptors (Lipinski definition) is 3. The normalized spacial score (nSPS) is 11.0. The van der Waals surface area contributed by atoms with E-state index in [0.717, 1.165) is 24.0 Å². The highest BCUT2D eigenvalue weighted by molar-refractivity contribution is 14.0. The first kappa shape index (κ1) is 22.4. The molecule has 0 spiro atoms. The molecule has 1 heterocycles. The fraction of sp³-hybridized carbons (Fsp3) is 0.190. The summed E-state index contributed by atoms with van der Waals surface area (Å²) in [7, 11) is 0. The summed E-state index contributed by atoms with van der Waals surface area (Å²) < 4.78 is 0. The average Bonchev–Trinajstić information content (AvgIpc) is 3.13. The lowest BCUT2D eigenvalue weighted by Crippen LogP contribution is -2.38. The SMILES string of the molecule is C=CCNC(=NCc1ccc([N+](=O)[O-])cc1)NCCc1c[nH]c2ccccc12.I. The smallest absolute Gasteiger partial charge is 0.269 e. The predicted molar refractivity (Wildman–Crippen MR) is 128 cm³/mol. The van der Waals surface area contributed by atoms with Gasteiger partial charge in [-0.2, -0.15) is 0 Å². The molecule has 3 rings (SSSR count). The van der Waals surface area contributed by atoms with Crippen LogP contribution in [0.5, 0.6) is 0 Å². The molecule has 0 saturated carbocycles. The Morgan fingerprint density at radius 1 is 1.17 bits per heavy atom. The van der Waals surface area contributed by atoms with Gasteiger partial charge in [0.05, 0.1) is 11.5 Å². The monoisotopic (exact) mass is 505 g/mol. The quantitative estimate of drug-likeness (QED) is 0.107. The molecule has 0 unspecified atom stereocenters. The Labute approximate surface area is 186 Å². The van der Waals surface area contributed by atoms with Crippen molar-refractivity contribution in [3.63, 3.8) is 0 Å². The van der Waals surface area contributed by atoms with Crippen LogP contribution in [0.15, 0.2) is 72.4 Å². The Kier molecular flexibility index (Phi) is 8.66. The minimum absolute atomic E-state index is 0. The molecule has 0 aliphatic rings. The Morgan fingerprint density at radius 2 is 1.93 bits per heavy atom. The fourth-order valence-corrected chi connectivity index (χ4v) is 2.89. The zero-order valence-electron chi connectivity index (χ0n) is 15.9. The molecule has 29 heavy (non-hydrogen) atoms. The number of benzene rings is 2. The molecule has 0 saturated heterocycles. The van der Waals surface area contributed by atoms with Gasteiger partial charge in [-0.15, -0.1) is 30.6 Å². The van der Waals surface area contributed by atoms with Crippen LogP contribution < -0.4 is 10.6 Å². The second kappa shape index (κ2) is 11.2. The van der Waals surface area contributed by atoms with E-state index in [1.54, 1.807) is 18.2 Å². The summed E-state index contributed by atoms with van der Waals surface area (Å²) in [5.41, 5.74) is 3.37. The van der Waals surface area contributed by atoms with Gasteiger partial charge < -0.3 is 15.6 Å². The standard InChI is InChI=1S/C21H23N5O2.HI/c1-2-12-22-21(25-14-16-7-9-18(10-8-16)26(27)28)23-13-11-17-15-24-20-6-4-3-5-19(17)20;/h2-10,15,24H,1,11-14H2,(H2,22,23,25);1H. The fourth-order valence-electron chi connectivity index (χ4n) is 2.89. The van der Waals surface area contributed by atoms with E-state index < -0.39 is 4.92 Å². The Hall–Kier alpha value is -2.88. The minimum Gasteiger partial charge on any atom is -0.361 e. The number of aromatic nitrogens is 1. The second-order valence-electron chi connectivity index (χ2n) is 6.29. The number of nitrogens with one attached hydrogen (secondary N) is 3. The molecule has 0 radical (unpaired) electrons. The van der Waals surface area contributed by atoms with E-state index in [0.29, 0.717) is 19.0 Å². The lowest BCUT2D eigenvalue weighted by molar-refractivity contribution is -0.384. The second-order valence-corrected chi connectivity index (χ2v) is 6.29. The zero-order valence-corrected chi connectivity index (χ0v) is 18.3. The van der Waals surface area contributed by atoms with Crippen LogP contribution in [0.1, 0.15) is 11.1 Å². The van der Waals surface area contributed by atoms with Crippen LogP contribution in [-0.4, -0.2) is 29.0 Å². The number of halogens is 1. The van der Waals surface area contributed by atoms with Crippen molar-refractivity contribution in [1.82, 2.24) is 15.6 Å². The predicted octanol–water partition coefficient (Wildman–Crippen LogP) is 4.16. The third-order valence-corrected chi connectivity index (χ3v) is 4.34. The van der Waals surface area contributed by atoms with Gasteiger partial charge in [0, 0.05) is 42.3 Å². The van der Waals surface area contributed by atoms with Gasteiger partial charge in [0.15, 0.2) is 5.96 Å². The van der Waals surface area contributed by atoms with Crippen molar-refractivity contribution in [2.24, 2.45) is 4.99 Å². The van der Waals surface area contributed by atoms with Crippen LogP contribution in [0.25, 0.3) is 10.9 Å². The number of rotatable bonds is 8. The third-order valence-electron chi connectivity index (χ3n) is 4.34. The molecule has 3 aromatic rings. The summed E-state index contributed by atoms with van der Waals surface area (Å²) >= 11 is 0. The number of H-pyrrole nitrogens is 1. The number of guanidine groups is 1. The summed E-state index contributed by atoms with van der Waals surface area (Å²) in [4.78, 5) is 18.2. The van der Waals surface area contributed by atoms with Gasteiger partial charge in [-0.05, 0) is 23.6 Å². The van der Waals surface area contributed by atoms with E-state index in [-0.39, 0.29) is 29.7 Å². The number of aliphatic imine (C=N–C) groups is 1. The Bertz CT molecular complexity index is 982. The number of nitrogens with zero attached hydrogens (tertiary/aromatic N) is 2. The van der Waals surface area contributed by atoms with E-state index >= 15 is 0 Å². The third kappa shape index (κ3) is 6.31. The van der Waals surface area contributed by atoms with Gasteiger partial charge >= 0.3 is 0 Å². The van der Waals surface area contributed by atoms with Gasteiger partial charge in [0.2, 0.25) is 0 Å². The highest BCUT2D eigenvalue weighted by Gasteiger charge is 2.05. The molecule has 3 N–H and O–H groups in total. The van der Waals surface area contributed by atoms with Crippen LogP contribution >= 0.6 is 24.0 Å². The van der Waals surface area contributed by atoms with E-state index in [4.69, 9.17) is 0 Å². The number of non-ortho nitro benzene ring substituents is 1. The number of para-hydroxylation sites is 1. The first-order valence-electron chi connectivity index (χ1n) is 9.09. The van der Waals surface area contributed by atoms with E-state index in [1.165, 1.54) is 23.1 Å². The summed E-state index contributed by atoms with van der Waals surface area (Å²) in [6.45, 7) is 5.47. The first-order chi connectivity index (χ1) is 13.7. The molecule has 8 heteroatoms. The van der Waals surface area contributed by atoms with Crippen molar-refractivity contribution in [3.8, 4) is 0 Å². The first-order valence-corrected chi connectivity index (χ1v) is 9.09. The van der Waals surface area contributed by atoms with Gasteiger partial charge in [-0.1, -0.05) is 36.4 Å². The highest BCUT2D eigenvalue weighted by Crippen LogP contribution is 2.17. The van der Waals surface area contributed by atoms with Crippen molar-refractivity contribution in [2.75, 3.05) is 13.1 Å². The molecular weight excluding hydrogens is 481 g/mol. The van der Waals surface area contributed by atoms with Crippen LogP contribution in [0.4, 0.5) is 5.69 Å². The van der Waals surface area contributed by atoms with E-state index in [2.05, 4.69) is 39.3 Å². The molecule has 0 bridgehead atoms. The van der Waals surface area contributed by atoms with Crippen molar-refractivity contribution in [3.05, 3.63) is 88.6 Å². The Balaban J connectivity index is 0.00000300. The van der Waals surface area contributed by atoms with Gasteiger partial charge in [0.1, 0.15) is 0 Å². The molecule has 2 aromatic carbocycles. The molecule has 0 amide bonds. The van der Waals surface area contributed by atoms with Gasteiger partial charge in [-0.25, -0.2) is 4.99 Å². The highest BCUT2D eigenvalue weighted by atomic mass is 127. The van der Waals surface area contributed by atoms with Crippen LogP contribution in [0.2, 0.25) is 0 Å². The number of nitro benzene ring substituents is 1. The molecule has 1 aromatic heterocycles. The summed E-state index contributed by atoms with van der Waals surface area (Å²) in [5, 5.41) is 18.5. The van der Waals surface area contributed by atoms with Crippen molar-refractivity contribution < 1.29 is 4.92 Å². The molecular formula is C21H24IN5O2. The zero-order chi connectivity index (χ0) is 19.8. The minimum atomic E-state index is -0.406. The molecule has 7 nitrogen and oxygen atoms in total. The van der Waals surface area contributed by atoms with Crippen molar-refractivity contribution >= 4 is 46.5 Å². The maximum atomic E-state index is 10.7. The summed E-state index contributed by atoms with van der Waals surface area (Å²) in [6.07, 6.45) is 4.66. The van der Waals surface area contributed by atoms with Gasteiger partial charge in [0.25, 0.3) is 5.69 Å². The molecule has 152 valence electrons. The average molecular weight is 505 g/mol. The summed E-state index contributed by atoms with van der Waals surface area (Å²) in [6, 6.07) is 14.7. The van der Waals surface area contributed by atoms with Crippen LogP contribution in [0, 0.1) is 10.1 Å². The topological polar surface area (TPSA) is 95.3 Å². The maximum absolute atomic E-state index is 10.7. The Morgan fingerprint density at radius 3 is 2.66 bits per heavy atom. The lowest BCUT2D eigenvalue weighted by atomic mass is 10.1. The van der Waals surface area contributed by atoms with Crippen LogP contribution in [-0.2, 0) is 13.0 Å². The molecule has 0 fully saturated rings. The maximum Gasteiger partial charge on any atom is 0.269 e. The number of aromatic amines is 1. The largest absolute Gasteiger partial charge is 0.361 e. The van der Waals surface area contributed by atoms with E-state index in [1.807, 2.05) is 18.3 Å².